The van der Waals surface area contributed by atoms with Crippen molar-refractivity contribution in [2.24, 2.45) is 0 Å². The van der Waals surface area contributed by atoms with Gasteiger partial charge in [0.2, 0.25) is 0 Å². The second-order valence-electron chi connectivity index (χ2n) is 5.57. The second kappa shape index (κ2) is 6.20. The van der Waals surface area contributed by atoms with Gasteiger partial charge in [-0.15, -0.1) is 0 Å². The molecule has 0 amide bonds. The van der Waals surface area contributed by atoms with Crippen LogP contribution in [0.2, 0.25) is 0 Å². The van der Waals surface area contributed by atoms with Gasteiger partial charge >= 0.3 is 5.97 Å². The average molecular weight is 261 g/mol. The molecular weight excluding hydrogens is 238 g/mol. The maximum absolute atomic E-state index is 11.4. The Bertz CT molecular complexity index is 450. The van der Waals surface area contributed by atoms with Crippen molar-refractivity contribution in [2.75, 3.05) is 13.1 Å². The standard InChI is InChI=1S/C16H23NO2/c1-12-5-6-13(2)14(11-12)7-8-15(16(18)19)17-9-3-4-10-17/h5-6,11,15H,3-4,7-10H2,1-2H3,(H,18,19). The number of carbonyl (C=O) groups is 1. The van der Waals surface area contributed by atoms with Gasteiger partial charge in [-0.05, 0) is 63.7 Å². The third-order valence-corrected chi connectivity index (χ3v) is 4.06. The maximum atomic E-state index is 11.4. The minimum Gasteiger partial charge on any atom is -0.480 e. The molecule has 1 aromatic carbocycles. The van der Waals surface area contributed by atoms with Gasteiger partial charge in [-0.3, -0.25) is 9.69 Å². The quantitative estimate of drug-likeness (QED) is 0.886. The van der Waals surface area contributed by atoms with E-state index in [9.17, 15) is 9.90 Å². The lowest BCUT2D eigenvalue weighted by Gasteiger charge is -2.23. The van der Waals surface area contributed by atoms with E-state index in [-0.39, 0.29) is 6.04 Å². The highest BCUT2D eigenvalue weighted by molar-refractivity contribution is 5.73. The first-order chi connectivity index (χ1) is 9.08. The summed E-state index contributed by atoms with van der Waals surface area (Å²) in [6.07, 6.45) is 3.82. The molecule has 19 heavy (non-hydrogen) atoms. The van der Waals surface area contributed by atoms with Crippen LogP contribution in [0.25, 0.3) is 0 Å². The molecule has 3 heteroatoms. The number of hydrogen-bond donors (Lipinski definition) is 1. The van der Waals surface area contributed by atoms with Crippen molar-refractivity contribution in [1.82, 2.24) is 4.90 Å². The lowest BCUT2D eigenvalue weighted by atomic mass is 9.98. The van der Waals surface area contributed by atoms with Crippen molar-refractivity contribution in [2.45, 2.75) is 45.6 Å². The second-order valence-corrected chi connectivity index (χ2v) is 5.57. The Labute approximate surface area is 115 Å². The lowest BCUT2D eigenvalue weighted by molar-refractivity contribution is -0.143. The Kier molecular flexibility index (Phi) is 4.59. The van der Waals surface area contributed by atoms with E-state index in [2.05, 4.69) is 36.9 Å². The summed E-state index contributed by atoms with van der Waals surface area (Å²) >= 11 is 0. The van der Waals surface area contributed by atoms with Crippen LogP contribution in [-0.4, -0.2) is 35.1 Å². The van der Waals surface area contributed by atoms with Gasteiger partial charge in [0, 0.05) is 0 Å². The van der Waals surface area contributed by atoms with Crippen molar-refractivity contribution in [3.8, 4) is 0 Å². The van der Waals surface area contributed by atoms with Gasteiger partial charge in [0.25, 0.3) is 0 Å². The topological polar surface area (TPSA) is 40.5 Å². The van der Waals surface area contributed by atoms with Gasteiger partial charge in [0.15, 0.2) is 0 Å². The molecule has 2 rings (SSSR count). The summed E-state index contributed by atoms with van der Waals surface area (Å²) in [5, 5.41) is 9.39. The van der Waals surface area contributed by atoms with Crippen LogP contribution in [0.4, 0.5) is 0 Å². The molecule has 1 aliphatic heterocycles. The summed E-state index contributed by atoms with van der Waals surface area (Å²) in [6, 6.07) is 6.09. The van der Waals surface area contributed by atoms with Crippen molar-refractivity contribution in [3.63, 3.8) is 0 Å². The molecule has 1 unspecified atom stereocenters. The number of aryl methyl sites for hydroxylation is 3. The van der Waals surface area contributed by atoms with E-state index in [1.165, 1.54) is 16.7 Å². The molecule has 0 aromatic heterocycles. The van der Waals surface area contributed by atoms with Gasteiger partial charge in [-0.25, -0.2) is 0 Å². The molecule has 1 N–H and O–H groups in total. The predicted molar refractivity (Wildman–Crippen MR) is 76.5 cm³/mol. The highest BCUT2D eigenvalue weighted by atomic mass is 16.4. The molecule has 0 aliphatic carbocycles. The average Bonchev–Trinajstić information content (AvgIpc) is 2.87. The number of carboxylic acid groups (broad SMARTS) is 1. The van der Waals surface area contributed by atoms with Crippen molar-refractivity contribution >= 4 is 5.97 Å². The molecule has 0 spiro atoms. The zero-order valence-corrected chi connectivity index (χ0v) is 11.9. The third-order valence-electron chi connectivity index (χ3n) is 4.06. The molecular formula is C16H23NO2. The molecule has 0 radical (unpaired) electrons. The first kappa shape index (κ1) is 14.1. The molecule has 0 saturated carbocycles. The zero-order valence-electron chi connectivity index (χ0n) is 11.9. The first-order valence-corrected chi connectivity index (χ1v) is 7.11. The highest BCUT2D eigenvalue weighted by Gasteiger charge is 2.27. The molecule has 104 valence electrons. The number of benzene rings is 1. The Morgan fingerprint density at radius 3 is 2.63 bits per heavy atom. The van der Waals surface area contributed by atoms with Crippen LogP contribution < -0.4 is 0 Å². The monoisotopic (exact) mass is 261 g/mol. The van der Waals surface area contributed by atoms with Crippen LogP contribution in [0.15, 0.2) is 18.2 Å². The summed E-state index contributed by atoms with van der Waals surface area (Å²) in [4.78, 5) is 13.5. The van der Waals surface area contributed by atoms with Gasteiger partial charge < -0.3 is 5.11 Å². The first-order valence-electron chi connectivity index (χ1n) is 7.11. The lowest BCUT2D eigenvalue weighted by Crippen LogP contribution is -2.39. The molecule has 1 saturated heterocycles. The largest absolute Gasteiger partial charge is 0.480 e. The van der Waals surface area contributed by atoms with Crippen LogP contribution in [-0.2, 0) is 11.2 Å². The number of nitrogens with zero attached hydrogens (tertiary/aromatic N) is 1. The minimum absolute atomic E-state index is 0.317. The fourth-order valence-corrected chi connectivity index (χ4v) is 2.88. The Hall–Kier alpha value is -1.35. The van der Waals surface area contributed by atoms with Crippen molar-refractivity contribution < 1.29 is 9.90 Å². The number of carboxylic acids is 1. The van der Waals surface area contributed by atoms with Crippen LogP contribution in [0.3, 0.4) is 0 Å². The van der Waals surface area contributed by atoms with E-state index in [4.69, 9.17) is 0 Å². The van der Waals surface area contributed by atoms with E-state index < -0.39 is 5.97 Å². The highest BCUT2D eigenvalue weighted by Crippen LogP contribution is 2.19. The van der Waals surface area contributed by atoms with E-state index in [1.54, 1.807) is 0 Å². The van der Waals surface area contributed by atoms with Crippen LogP contribution in [0, 0.1) is 13.8 Å². The van der Waals surface area contributed by atoms with Crippen LogP contribution in [0.5, 0.6) is 0 Å². The molecule has 1 atom stereocenters. The summed E-state index contributed by atoms with van der Waals surface area (Å²) in [5.74, 6) is -0.674. The number of rotatable bonds is 5. The van der Waals surface area contributed by atoms with Gasteiger partial charge in [-0.2, -0.15) is 0 Å². The zero-order chi connectivity index (χ0) is 13.8. The molecule has 0 bridgehead atoms. The summed E-state index contributed by atoms with van der Waals surface area (Å²) in [6.45, 7) is 6.05. The van der Waals surface area contributed by atoms with Gasteiger partial charge in [-0.1, -0.05) is 23.8 Å². The predicted octanol–water partition coefficient (Wildman–Crippen LogP) is 2.79. The van der Waals surface area contributed by atoms with E-state index in [1.807, 2.05) is 0 Å². The summed E-state index contributed by atoms with van der Waals surface area (Å²) in [5.41, 5.74) is 3.79. The fourth-order valence-electron chi connectivity index (χ4n) is 2.88. The molecule has 1 fully saturated rings. The number of hydrogen-bond acceptors (Lipinski definition) is 2. The van der Waals surface area contributed by atoms with E-state index >= 15 is 0 Å². The summed E-state index contributed by atoms with van der Waals surface area (Å²) in [7, 11) is 0. The van der Waals surface area contributed by atoms with Gasteiger partial charge in [0.1, 0.15) is 6.04 Å². The summed E-state index contributed by atoms with van der Waals surface area (Å²) < 4.78 is 0. The SMILES string of the molecule is Cc1ccc(C)c(CCC(C(=O)O)N2CCCC2)c1. The van der Waals surface area contributed by atoms with Crippen LogP contribution >= 0.6 is 0 Å². The third kappa shape index (κ3) is 3.57. The fraction of sp³-hybridized carbons (Fsp3) is 0.562. The maximum Gasteiger partial charge on any atom is 0.320 e. The van der Waals surface area contributed by atoms with Crippen molar-refractivity contribution in [3.05, 3.63) is 34.9 Å². The normalized spacial score (nSPS) is 17.6. The van der Waals surface area contributed by atoms with E-state index in [0.717, 1.165) is 32.4 Å². The van der Waals surface area contributed by atoms with Gasteiger partial charge in [0.05, 0.1) is 0 Å². The molecule has 1 aliphatic rings. The minimum atomic E-state index is -0.674. The Morgan fingerprint density at radius 2 is 2.00 bits per heavy atom. The molecule has 1 aromatic rings. The number of aliphatic carboxylic acids is 1. The van der Waals surface area contributed by atoms with E-state index in [0.29, 0.717) is 6.42 Å². The Morgan fingerprint density at radius 1 is 1.32 bits per heavy atom. The Balaban J connectivity index is 2.02. The molecule has 3 nitrogen and oxygen atoms in total. The smallest absolute Gasteiger partial charge is 0.320 e. The van der Waals surface area contributed by atoms with Crippen molar-refractivity contribution in [1.29, 1.82) is 0 Å². The van der Waals surface area contributed by atoms with Crippen LogP contribution in [0.1, 0.15) is 36.0 Å². The molecule has 1 heterocycles. The number of likely N-dealkylation sites (tertiary alicyclic amines) is 1.